The first-order valence-corrected chi connectivity index (χ1v) is 3.24. The molecule has 0 bridgehead atoms. The fourth-order valence-electron chi connectivity index (χ4n) is 0.796. The molecule has 0 rings (SSSR count). The van der Waals surface area contributed by atoms with Gasteiger partial charge in [0.15, 0.2) is 0 Å². The predicted octanol–water partition coefficient (Wildman–Crippen LogP) is 2.45. The van der Waals surface area contributed by atoms with Crippen molar-refractivity contribution >= 4 is 0 Å². The van der Waals surface area contributed by atoms with Gasteiger partial charge in [-0.25, -0.2) is 0 Å². The summed E-state index contributed by atoms with van der Waals surface area (Å²) in [6, 6.07) is 0. The van der Waals surface area contributed by atoms with Crippen LogP contribution in [0.4, 0.5) is 0 Å². The van der Waals surface area contributed by atoms with Crippen molar-refractivity contribution in [2.75, 3.05) is 0 Å². The third-order valence-corrected chi connectivity index (χ3v) is 1.25. The number of hydrogen-bond acceptors (Lipinski definition) is 0. The van der Waals surface area contributed by atoms with E-state index >= 15 is 0 Å². The lowest BCUT2D eigenvalue weighted by molar-refractivity contribution is 0.539. The van der Waals surface area contributed by atoms with Crippen LogP contribution in [0.15, 0.2) is 0 Å². The van der Waals surface area contributed by atoms with Crippen molar-refractivity contribution in [1.29, 1.82) is 0 Å². The van der Waals surface area contributed by atoms with Crippen LogP contribution in [-0.2, 0) is 0 Å². The van der Waals surface area contributed by atoms with E-state index in [2.05, 4.69) is 19.8 Å². The molecule has 0 radical (unpaired) electrons. The van der Waals surface area contributed by atoms with Crippen LogP contribution in [0.5, 0.6) is 0 Å². The summed E-state index contributed by atoms with van der Waals surface area (Å²) >= 11 is 0. The summed E-state index contributed by atoms with van der Waals surface area (Å²) in [6.45, 7) is 4.39. The normalized spacial score (nSPS) is 12.6. The van der Waals surface area contributed by atoms with Crippen molar-refractivity contribution in [3.63, 3.8) is 0 Å². The minimum atomic E-state index is 0.727. The summed E-state index contributed by atoms with van der Waals surface area (Å²) in [5.41, 5.74) is 0. The van der Waals surface area contributed by atoms with Gasteiger partial charge in [0.05, 0.1) is 0 Å². The molecule has 0 heterocycles. The molecule has 46 valence electrons. The monoisotopic (exact) mass is 110 g/mol. The lowest BCUT2D eigenvalue weighted by atomic mass is 10.0. The van der Waals surface area contributed by atoms with Gasteiger partial charge < -0.3 is 0 Å². The van der Waals surface area contributed by atoms with Gasteiger partial charge in [0.1, 0.15) is 0 Å². The van der Waals surface area contributed by atoms with E-state index in [0.717, 1.165) is 12.3 Å². The average Bonchev–Trinajstić information content (AvgIpc) is 1.68. The molecule has 8 heavy (non-hydrogen) atoms. The van der Waals surface area contributed by atoms with Gasteiger partial charge in [-0.05, 0) is 5.92 Å². The molecule has 0 saturated heterocycles. The third kappa shape index (κ3) is 3.74. The van der Waals surface area contributed by atoms with Gasteiger partial charge in [0, 0.05) is 6.42 Å². The van der Waals surface area contributed by atoms with Crippen LogP contribution < -0.4 is 0 Å². The van der Waals surface area contributed by atoms with Gasteiger partial charge in [-0.15, -0.1) is 12.3 Å². The molecule has 0 amide bonds. The molecule has 1 atom stereocenters. The fraction of sp³-hybridized carbons (Fsp3) is 0.750. The van der Waals surface area contributed by atoms with E-state index in [-0.39, 0.29) is 0 Å². The molecule has 0 nitrogen and oxygen atoms in total. The molecule has 0 spiro atoms. The van der Waals surface area contributed by atoms with E-state index in [1.165, 1.54) is 12.8 Å². The number of terminal acetylenes is 1. The molecule has 0 aliphatic rings. The van der Waals surface area contributed by atoms with Crippen molar-refractivity contribution < 1.29 is 0 Å². The summed E-state index contributed by atoms with van der Waals surface area (Å²) in [4.78, 5) is 0. The Morgan fingerprint density at radius 1 is 1.62 bits per heavy atom. The van der Waals surface area contributed by atoms with Gasteiger partial charge in [0.2, 0.25) is 0 Å². The lowest BCUT2D eigenvalue weighted by Gasteiger charge is -2.02. The van der Waals surface area contributed by atoms with Gasteiger partial charge >= 0.3 is 0 Å². The quantitative estimate of drug-likeness (QED) is 0.489. The Balaban J connectivity index is 3.08. The first-order chi connectivity index (χ1) is 3.81. The Morgan fingerprint density at radius 3 is 2.62 bits per heavy atom. The van der Waals surface area contributed by atoms with Crippen LogP contribution >= 0.6 is 0 Å². The van der Waals surface area contributed by atoms with E-state index < -0.39 is 0 Å². The molecule has 0 aromatic rings. The Kier molecular flexibility index (Phi) is 4.45. The molecule has 0 aromatic heterocycles. The summed E-state index contributed by atoms with van der Waals surface area (Å²) in [5.74, 6) is 3.38. The Labute approximate surface area is 52.3 Å². The van der Waals surface area contributed by atoms with Crippen molar-refractivity contribution in [3.05, 3.63) is 0 Å². The minimum Gasteiger partial charge on any atom is -0.120 e. The minimum absolute atomic E-state index is 0.727. The fourth-order valence-corrected chi connectivity index (χ4v) is 0.796. The Morgan fingerprint density at radius 2 is 2.25 bits per heavy atom. The first kappa shape index (κ1) is 7.56. The van der Waals surface area contributed by atoms with Gasteiger partial charge in [-0.3, -0.25) is 0 Å². The second-order valence-corrected chi connectivity index (χ2v) is 2.30. The second kappa shape index (κ2) is 4.71. The molecule has 0 heteroatoms. The highest BCUT2D eigenvalue weighted by Gasteiger charge is 1.94. The van der Waals surface area contributed by atoms with E-state index in [4.69, 9.17) is 6.42 Å². The molecule has 0 aliphatic heterocycles. The van der Waals surface area contributed by atoms with Crippen LogP contribution in [-0.4, -0.2) is 0 Å². The smallest absolute Gasteiger partial charge is 0.0112 e. The van der Waals surface area contributed by atoms with E-state index in [1.807, 2.05) is 0 Å². The molecule has 0 fully saturated rings. The first-order valence-electron chi connectivity index (χ1n) is 3.24. The molecule has 0 N–H and O–H groups in total. The van der Waals surface area contributed by atoms with E-state index in [1.54, 1.807) is 0 Å². The van der Waals surface area contributed by atoms with Crippen molar-refractivity contribution in [3.8, 4) is 12.3 Å². The molecular formula is C8H14. The molecule has 0 unspecified atom stereocenters. The number of hydrogen-bond donors (Lipinski definition) is 0. The third-order valence-electron chi connectivity index (χ3n) is 1.25. The van der Waals surface area contributed by atoms with E-state index in [9.17, 15) is 0 Å². The van der Waals surface area contributed by atoms with Crippen LogP contribution in [0.1, 0.15) is 33.1 Å². The van der Waals surface area contributed by atoms with Crippen LogP contribution in [0.3, 0.4) is 0 Å². The van der Waals surface area contributed by atoms with Crippen molar-refractivity contribution in [2.45, 2.75) is 33.1 Å². The predicted molar refractivity (Wildman–Crippen MR) is 37.5 cm³/mol. The number of rotatable bonds is 3. The van der Waals surface area contributed by atoms with Crippen LogP contribution in [0.2, 0.25) is 0 Å². The highest BCUT2D eigenvalue weighted by atomic mass is 14.0. The SMILES string of the molecule is C#CC[C@@H](C)CCC. The van der Waals surface area contributed by atoms with Crippen LogP contribution in [0, 0.1) is 18.3 Å². The average molecular weight is 110 g/mol. The summed E-state index contributed by atoms with van der Waals surface area (Å²) in [6.07, 6.45) is 8.57. The highest BCUT2D eigenvalue weighted by molar-refractivity contribution is 4.85. The summed E-state index contributed by atoms with van der Waals surface area (Å²) < 4.78 is 0. The van der Waals surface area contributed by atoms with Gasteiger partial charge in [-0.2, -0.15) is 0 Å². The lowest BCUT2D eigenvalue weighted by Crippen LogP contribution is -1.89. The largest absolute Gasteiger partial charge is 0.120 e. The maximum absolute atomic E-state index is 5.11. The molecule has 0 aromatic carbocycles. The standard InChI is InChI=1S/C8H14/c1-4-6-8(3)7-5-2/h1,8H,5-7H2,2-3H3/t8-/m1/s1. The topological polar surface area (TPSA) is 0 Å². The zero-order valence-corrected chi connectivity index (χ0v) is 5.78. The van der Waals surface area contributed by atoms with Crippen molar-refractivity contribution in [2.24, 2.45) is 5.92 Å². The van der Waals surface area contributed by atoms with Gasteiger partial charge in [-0.1, -0.05) is 26.7 Å². The highest BCUT2D eigenvalue weighted by Crippen LogP contribution is 2.07. The summed E-state index contributed by atoms with van der Waals surface area (Å²) in [5, 5.41) is 0. The van der Waals surface area contributed by atoms with E-state index in [0.29, 0.717) is 0 Å². The zero-order valence-electron chi connectivity index (χ0n) is 5.78. The van der Waals surface area contributed by atoms with Gasteiger partial charge in [0.25, 0.3) is 0 Å². The van der Waals surface area contributed by atoms with Crippen molar-refractivity contribution in [1.82, 2.24) is 0 Å². The molecule has 0 saturated carbocycles. The zero-order chi connectivity index (χ0) is 6.41. The molecular weight excluding hydrogens is 96.1 g/mol. The Bertz CT molecular complexity index is 76.5. The maximum Gasteiger partial charge on any atom is 0.0112 e. The Hall–Kier alpha value is -0.440. The van der Waals surface area contributed by atoms with Crippen LogP contribution in [0.25, 0.3) is 0 Å². The second-order valence-electron chi connectivity index (χ2n) is 2.30. The maximum atomic E-state index is 5.11. The molecule has 0 aliphatic carbocycles. The summed E-state index contributed by atoms with van der Waals surface area (Å²) in [7, 11) is 0.